The van der Waals surface area contributed by atoms with E-state index in [9.17, 15) is 4.79 Å². The van der Waals surface area contributed by atoms with Crippen LogP contribution in [0.15, 0.2) is 30.5 Å². The van der Waals surface area contributed by atoms with Crippen LogP contribution < -0.4 is 4.74 Å². The number of carbonyl (C=O) groups is 1. The highest BCUT2D eigenvalue weighted by molar-refractivity contribution is 6.30. The summed E-state index contributed by atoms with van der Waals surface area (Å²) in [4.78, 5) is 14.3. The van der Waals surface area contributed by atoms with E-state index < -0.39 is 0 Å². The van der Waals surface area contributed by atoms with Crippen molar-refractivity contribution in [1.29, 1.82) is 0 Å². The third-order valence-corrected chi connectivity index (χ3v) is 5.49. The van der Waals surface area contributed by atoms with Crippen molar-refractivity contribution < 1.29 is 19.0 Å². The normalized spacial score (nSPS) is 18.0. The third-order valence-electron chi connectivity index (χ3n) is 5.27. The summed E-state index contributed by atoms with van der Waals surface area (Å²) < 4.78 is 18.0. The van der Waals surface area contributed by atoms with E-state index in [1.807, 2.05) is 35.0 Å². The molecule has 0 amide bonds. The van der Waals surface area contributed by atoms with Crippen LogP contribution in [0.5, 0.6) is 5.75 Å². The molecule has 2 aromatic rings. The minimum atomic E-state index is -0.285. The van der Waals surface area contributed by atoms with Gasteiger partial charge in [0.2, 0.25) is 0 Å². The van der Waals surface area contributed by atoms with Gasteiger partial charge in [0.05, 0.1) is 13.7 Å². The fraction of sp³-hybridized carbons (Fsp3) is 0.450. The summed E-state index contributed by atoms with van der Waals surface area (Å²) in [7, 11) is 1.42. The van der Waals surface area contributed by atoms with Gasteiger partial charge in [0, 0.05) is 48.0 Å². The van der Waals surface area contributed by atoms with Crippen LogP contribution in [0.25, 0.3) is 0 Å². The van der Waals surface area contributed by atoms with Crippen molar-refractivity contribution in [1.82, 2.24) is 9.47 Å². The molecule has 0 bridgehead atoms. The van der Waals surface area contributed by atoms with E-state index in [0.717, 1.165) is 49.4 Å². The molecule has 0 spiro atoms. The smallest absolute Gasteiger partial charge is 0.354 e. The minimum Gasteiger partial charge on any atom is -0.467 e. The van der Waals surface area contributed by atoms with Crippen LogP contribution in [0, 0.1) is 0 Å². The Kier molecular flexibility index (Phi) is 5.38. The van der Waals surface area contributed by atoms with Crippen molar-refractivity contribution >= 4 is 17.6 Å². The predicted octanol–water partition coefficient (Wildman–Crippen LogP) is 3.63. The number of likely N-dealkylation sites (tertiary alicyclic amines) is 1. The van der Waals surface area contributed by atoms with Gasteiger partial charge in [0.15, 0.2) is 6.79 Å². The molecule has 0 radical (unpaired) electrons. The molecule has 7 heteroatoms. The number of esters is 1. The van der Waals surface area contributed by atoms with E-state index in [2.05, 4.69) is 4.90 Å². The second kappa shape index (κ2) is 7.92. The number of halogens is 1. The highest BCUT2D eigenvalue weighted by Gasteiger charge is 2.25. The van der Waals surface area contributed by atoms with Crippen LogP contribution >= 0.6 is 11.6 Å². The maximum absolute atomic E-state index is 11.9. The summed E-state index contributed by atoms with van der Waals surface area (Å²) >= 11 is 6.27. The van der Waals surface area contributed by atoms with Crippen LogP contribution in [0.1, 0.15) is 40.5 Å². The van der Waals surface area contributed by atoms with Gasteiger partial charge in [-0.3, -0.25) is 4.90 Å². The van der Waals surface area contributed by atoms with E-state index >= 15 is 0 Å². The number of aromatic nitrogens is 1. The monoisotopic (exact) mass is 390 g/mol. The van der Waals surface area contributed by atoms with Gasteiger partial charge < -0.3 is 18.8 Å². The summed E-state index contributed by atoms with van der Waals surface area (Å²) in [5.74, 6) is 0.624. The second-order valence-electron chi connectivity index (χ2n) is 6.96. The first kappa shape index (κ1) is 18.3. The lowest BCUT2D eigenvalue weighted by molar-refractivity contribution is -0.0175. The van der Waals surface area contributed by atoms with Gasteiger partial charge in [-0.25, -0.2) is 4.79 Å². The van der Waals surface area contributed by atoms with Crippen LogP contribution in [0.4, 0.5) is 0 Å². The topological polar surface area (TPSA) is 52.9 Å². The Hall–Kier alpha value is -2.02. The maximum atomic E-state index is 11.9. The number of ether oxygens (including phenoxy) is 3. The fourth-order valence-corrected chi connectivity index (χ4v) is 4.22. The average molecular weight is 391 g/mol. The number of nitrogens with zero attached hydrogens (tertiary/aromatic N) is 2. The summed E-state index contributed by atoms with van der Waals surface area (Å²) in [6.07, 6.45) is 3.92. The number of hydrogen-bond donors (Lipinski definition) is 0. The standard InChI is InChI=1S/C20H23ClN2O4/c1-25-20(24)18-3-2-6-23(18)17-4-7-22(8-5-17)11-14-9-16(21)10-15-12-26-13-27-19(14)15/h2-3,6,9-10,17H,4-5,7-8,11-13H2,1H3. The van der Waals surface area contributed by atoms with Gasteiger partial charge in [-0.15, -0.1) is 0 Å². The molecule has 3 heterocycles. The van der Waals surface area contributed by atoms with Crippen LogP contribution in [0.3, 0.4) is 0 Å². The Bertz CT molecular complexity index is 827. The summed E-state index contributed by atoms with van der Waals surface area (Å²) in [5.41, 5.74) is 2.73. The zero-order valence-electron chi connectivity index (χ0n) is 15.3. The molecule has 0 unspecified atom stereocenters. The van der Waals surface area contributed by atoms with Crippen molar-refractivity contribution in [2.24, 2.45) is 0 Å². The Labute approximate surface area is 163 Å². The van der Waals surface area contributed by atoms with E-state index in [4.69, 9.17) is 25.8 Å². The van der Waals surface area contributed by atoms with Gasteiger partial charge in [0.1, 0.15) is 11.4 Å². The second-order valence-corrected chi connectivity index (χ2v) is 7.40. The molecule has 2 aliphatic rings. The zero-order chi connectivity index (χ0) is 18.8. The largest absolute Gasteiger partial charge is 0.467 e. The molecule has 1 saturated heterocycles. The van der Waals surface area contributed by atoms with Crippen molar-refractivity contribution in [2.45, 2.75) is 32.0 Å². The number of fused-ring (bicyclic) bond motifs is 1. The quantitative estimate of drug-likeness (QED) is 0.746. The summed E-state index contributed by atoms with van der Waals surface area (Å²) in [6.45, 7) is 3.51. The molecule has 4 rings (SSSR count). The van der Waals surface area contributed by atoms with Gasteiger partial charge in [0.25, 0.3) is 0 Å². The van der Waals surface area contributed by atoms with E-state index in [0.29, 0.717) is 23.4 Å². The molecule has 144 valence electrons. The Morgan fingerprint density at radius 2 is 2.15 bits per heavy atom. The molecule has 0 saturated carbocycles. The number of piperidine rings is 1. The Balaban J connectivity index is 1.43. The van der Waals surface area contributed by atoms with Gasteiger partial charge in [-0.1, -0.05) is 11.6 Å². The van der Waals surface area contributed by atoms with E-state index in [-0.39, 0.29) is 12.8 Å². The average Bonchev–Trinajstić information content (AvgIpc) is 3.17. The third kappa shape index (κ3) is 3.83. The zero-order valence-corrected chi connectivity index (χ0v) is 16.1. The highest BCUT2D eigenvalue weighted by Crippen LogP contribution is 2.33. The maximum Gasteiger partial charge on any atom is 0.354 e. The van der Waals surface area contributed by atoms with Crippen molar-refractivity contribution in [2.75, 3.05) is 27.0 Å². The molecule has 1 aromatic carbocycles. The van der Waals surface area contributed by atoms with Crippen LogP contribution in [-0.4, -0.2) is 42.4 Å². The minimum absolute atomic E-state index is 0.285. The predicted molar refractivity (Wildman–Crippen MR) is 101 cm³/mol. The highest BCUT2D eigenvalue weighted by atomic mass is 35.5. The fourth-order valence-electron chi connectivity index (χ4n) is 3.96. The first-order chi connectivity index (χ1) is 13.2. The van der Waals surface area contributed by atoms with Gasteiger partial charge in [-0.05, 0) is 37.1 Å². The molecule has 0 aliphatic carbocycles. The van der Waals surface area contributed by atoms with E-state index in [1.165, 1.54) is 7.11 Å². The molecule has 1 fully saturated rings. The molecule has 1 aromatic heterocycles. The lowest BCUT2D eigenvalue weighted by Crippen LogP contribution is -2.35. The molecular formula is C20H23ClN2O4. The summed E-state index contributed by atoms with van der Waals surface area (Å²) in [6, 6.07) is 7.92. The number of methoxy groups -OCH3 is 1. The summed E-state index contributed by atoms with van der Waals surface area (Å²) in [5, 5.41) is 0.711. The van der Waals surface area contributed by atoms with Gasteiger partial charge >= 0.3 is 5.97 Å². The molecular weight excluding hydrogens is 368 g/mol. The first-order valence-electron chi connectivity index (χ1n) is 9.15. The number of rotatable bonds is 4. The lowest BCUT2D eigenvalue weighted by atomic mass is 10.0. The molecule has 27 heavy (non-hydrogen) atoms. The SMILES string of the molecule is COC(=O)c1cccn1C1CCN(Cc2cc(Cl)cc3c2OCOC3)CC1. The van der Waals surface area contributed by atoms with Crippen molar-refractivity contribution in [3.63, 3.8) is 0 Å². The number of hydrogen-bond acceptors (Lipinski definition) is 5. The van der Waals surface area contributed by atoms with Crippen molar-refractivity contribution in [3.8, 4) is 5.75 Å². The van der Waals surface area contributed by atoms with E-state index in [1.54, 1.807) is 0 Å². The number of carbonyl (C=O) groups excluding carboxylic acids is 1. The molecule has 6 nitrogen and oxygen atoms in total. The molecule has 2 aliphatic heterocycles. The Morgan fingerprint density at radius 1 is 1.33 bits per heavy atom. The molecule has 0 atom stereocenters. The van der Waals surface area contributed by atoms with Crippen molar-refractivity contribution in [3.05, 3.63) is 52.3 Å². The Morgan fingerprint density at radius 3 is 2.93 bits per heavy atom. The van der Waals surface area contributed by atoms with Gasteiger partial charge in [-0.2, -0.15) is 0 Å². The first-order valence-corrected chi connectivity index (χ1v) is 9.53. The lowest BCUT2D eigenvalue weighted by Gasteiger charge is -2.34. The van der Waals surface area contributed by atoms with Crippen LogP contribution in [0.2, 0.25) is 5.02 Å². The molecule has 0 N–H and O–H groups in total. The number of benzene rings is 1. The van der Waals surface area contributed by atoms with Crippen LogP contribution in [-0.2, 0) is 22.6 Å².